The van der Waals surface area contributed by atoms with Gasteiger partial charge in [-0.15, -0.1) is 0 Å². The van der Waals surface area contributed by atoms with Crippen LogP contribution >= 0.6 is 12.2 Å². The van der Waals surface area contributed by atoms with Crippen molar-refractivity contribution in [2.45, 2.75) is 77.4 Å². The molecule has 2 aromatic rings. The van der Waals surface area contributed by atoms with E-state index in [0.29, 0.717) is 24.3 Å². The van der Waals surface area contributed by atoms with Crippen LogP contribution in [0.4, 0.5) is 0 Å². The summed E-state index contributed by atoms with van der Waals surface area (Å²) in [6, 6.07) is 0.244. The normalized spacial score (nSPS) is 20.2. The Balaban J connectivity index is 2.04. The van der Waals surface area contributed by atoms with E-state index in [2.05, 4.69) is 20.1 Å². The monoisotopic (exact) mass is 375 g/mol. The summed E-state index contributed by atoms with van der Waals surface area (Å²) in [6.45, 7) is 4.95. The SMILES string of the molecule is CCCn1c(=O)c2[nH]c(C3CCC(N=C=S)CC3)nc2n(CCC)c1=O. The quantitative estimate of drug-likeness (QED) is 0.621. The van der Waals surface area contributed by atoms with Gasteiger partial charge in [-0.1, -0.05) is 13.8 Å². The van der Waals surface area contributed by atoms with E-state index in [0.717, 1.165) is 44.3 Å². The van der Waals surface area contributed by atoms with Crippen LogP contribution in [0, 0.1) is 0 Å². The van der Waals surface area contributed by atoms with Crippen LogP contribution in [-0.4, -0.2) is 30.3 Å². The predicted molar refractivity (Wildman–Crippen MR) is 105 cm³/mol. The van der Waals surface area contributed by atoms with Crippen molar-refractivity contribution >= 4 is 28.5 Å². The Kier molecular flexibility index (Phi) is 5.84. The molecule has 1 aliphatic carbocycles. The molecule has 0 atom stereocenters. The first-order chi connectivity index (χ1) is 12.6. The minimum atomic E-state index is -0.267. The average molecular weight is 375 g/mol. The minimum absolute atomic E-state index is 0.244. The number of H-pyrrole nitrogens is 1. The van der Waals surface area contributed by atoms with Gasteiger partial charge in [-0.3, -0.25) is 13.9 Å². The van der Waals surface area contributed by atoms with Gasteiger partial charge in [0.25, 0.3) is 5.56 Å². The third-order valence-corrected chi connectivity index (χ3v) is 5.20. The van der Waals surface area contributed by atoms with E-state index in [4.69, 9.17) is 12.2 Å². The maximum atomic E-state index is 12.8. The molecule has 8 heteroatoms. The first-order valence-corrected chi connectivity index (χ1v) is 9.81. The number of thiocarbonyl (C=S) groups is 1. The minimum Gasteiger partial charge on any atom is -0.336 e. The van der Waals surface area contributed by atoms with Gasteiger partial charge in [0.1, 0.15) is 11.3 Å². The Morgan fingerprint density at radius 1 is 1.15 bits per heavy atom. The van der Waals surface area contributed by atoms with Gasteiger partial charge in [0.05, 0.1) is 11.2 Å². The molecule has 140 valence electrons. The molecular formula is C18H25N5O2S. The van der Waals surface area contributed by atoms with Crippen LogP contribution < -0.4 is 11.2 Å². The van der Waals surface area contributed by atoms with Crippen molar-refractivity contribution in [1.29, 1.82) is 0 Å². The molecule has 0 amide bonds. The highest BCUT2D eigenvalue weighted by Crippen LogP contribution is 2.33. The fourth-order valence-corrected chi connectivity index (χ4v) is 3.93. The highest BCUT2D eigenvalue weighted by Gasteiger charge is 2.26. The zero-order valence-electron chi connectivity index (χ0n) is 15.3. The Bertz CT molecular complexity index is 943. The molecular weight excluding hydrogens is 350 g/mol. The standard InChI is InChI=1S/C18H25N5O2S/c1-3-9-22-16-14(17(24)23(10-4-2)18(22)25)20-15(21-16)12-5-7-13(8-6-12)19-11-26/h12-13H,3-10H2,1-2H3,(H,20,21). The number of aromatic nitrogens is 4. The van der Waals surface area contributed by atoms with Gasteiger partial charge in [-0.2, -0.15) is 0 Å². The first kappa shape index (κ1) is 18.7. The molecule has 1 fully saturated rings. The van der Waals surface area contributed by atoms with Crippen LogP contribution in [0.5, 0.6) is 0 Å². The maximum Gasteiger partial charge on any atom is 0.332 e. The number of aliphatic imine (C=N–C) groups is 1. The van der Waals surface area contributed by atoms with Gasteiger partial charge in [-0.05, 0) is 50.7 Å². The summed E-state index contributed by atoms with van der Waals surface area (Å²) in [5.41, 5.74) is 0.406. The zero-order chi connectivity index (χ0) is 18.7. The molecule has 0 unspecified atom stereocenters. The van der Waals surface area contributed by atoms with Crippen molar-refractivity contribution < 1.29 is 0 Å². The topological polar surface area (TPSA) is 85.0 Å². The number of imidazole rings is 1. The summed E-state index contributed by atoms with van der Waals surface area (Å²) < 4.78 is 2.96. The number of fused-ring (bicyclic) bond motifs is 1. The number of hydrogen-bond acceptors (Lipinski definition) is 5. The Morgan fingerprint density at radius 3 is 2.42 bits per heavy atom. The van der Waals surface area contributed by atoms with Crippen LogP contribution in [0.25, 0.3) is 11.2 Å². The molecule has 0 bridgehead atoms. The fourth-order valence-electron chi connectivity index (χ4n) is 3.78. The van der Waals surface area contributed by atoms with Crippen LogP contribution in [-0.2, 0) is 13.1 Å². The Hall–Kier alpha value is -2.05. The molecule has 2 heterocycles. The molecule has 1 saturated carbocycles. The summed E-state index contributed by atoms with van der Waals surface area (Å²) in [4.78, 5) is 37.6. The van der Waals surface area contributed by atoms with Crippen molar-refractivity contribution in [1.82, 2.24) is 19.1 Å². The molecule has 0 saturated heterocycles. The van der Waals surface area contributed by atoms with E-state index in [-0.39, 0.29) is 23.2 Å². The summed E-state index contributed by atoms with van der Waals surface area (Å²) in [6.07, 6.45) is 5.29. The summed E-state index contributed by atoms with van der Waals surface area (Å²) >= 11 is 4.69. The summed E-state index contributed by atoms with van der Waals surface area (Å²) in [5.74, 6) is 1.06. The van der Waals surface area contributed by atoms with Crippen LogP contribution in [0.15, 0.2) is 14.6 Å². The molecule has 1 N–H and O–H groups in total. The number of nitrogens with zero attached hydrogens (tertiary/aromatic N) is 4. The molecule has 0 aromatic carbocycles. The number of rotatable bonds is 6. The first-order valence-electron chi connectivity index (χ1n) is 9.40. The van der Waals surface area contributed by atoms with Crippen LogP contribution in [0.3, 0.4) is 0 Å². The van der Waals surface area contributed by atoms with Crippen molar-refractivity contribution in [2.75, 3.05) is 0 Å². The van der Waals surface area contributed by atoms with E-state index < -0.39 is 0 Å². The lowest BCUT2D eigenvalue weighted by Crippen LogP contribution is -2.40. The highest BCUT2D eigenvalue weighted by atomic mass is 32.1. The lowest BCUT2D eigenvalue weighted by molar-refractivity contribution is 0.389. The second-order valence-electron chi connectivity index (χ2n) is 6.94. The molecule has 3 rings (SSSR count). The lowest BCUT2D eigenvalue weighted by Gasteiger charge is -2.23. The number of isothiocyanates is 1. The van der Waals surface area contributed by atoms with Gasteiger partial charge in [0, 0.05) is 19.0 Å². The van der Waals surface area contributed by atoms with Gasteiger partial charge in [0.2, 0.25) is 0 Å². The average Bonchev–Trinajstić information content (AvgIpc) is 3.08. The zero-order valence-corrected chi connectivity index (χ0v) is 16.1. The smallest absolute Gasteiger partial charge is 0.332 e. The molecule has 26 heavy (non-hydrogen) atoms. The molecule has 1 aliphatic rings. The highest BCUT2D eigenvalue weighted by molar-refractivity contribution is 7.78. The van der Waals surface area contributed by atoms with E-state index in [9.17, 15) is 9.59 Å². The third kappa shape index (κ3) is 3.44. The number of hydrogen-bond donors (Lipinski definition) is 1. The lowest BCUT2D eigenvalue weighted by atomic mass is 9.86. The van der Waals surface area contributed by atoms with E-state index in [1.54, 1.807) is 4.57 Å². The molecule has 0 aliphatic heterocycles. The summed E-state index contributed by atoms with van der Waals surface area (Å²) in [5, 5.41) is 2.47. The third-order valence-electron chi connectivity index (χ3n) is 5.09. The maximum absolute atomic E-state index is 12.8. The number of aromatic amines is 1. The van der Waals surface area contributed by atoms with E-state index in [1.165, 1.54) is 4.57 Å². The Labute approximate surface area is 157 Å². The molecule has 2 aromatic heterocycles. The van der Waals surface area contributed by atoms with Crippen LogP contribution in [0.2, 0.25) is 0 Å². The van der Waals surface area contributed by atoms with Crippen molar-refractivity contribution in [3.63, 3.8) is 0 Å². The molecule has 7 nitrogen and oxygen atoms in total. The predicted octanol–water partition coefficient (Wildman–Crippen LogP) is 2.84. The van der Waals surface area contributed by atoms with E-state index >= 15 is 0 Å². The fraction of sp³-hybridized carbons (Fsp3) is 0.667. The van der Waals surface area contributed by atoms with Crippen molar-refractivity contribution in [2.24, 2.45) is 4.99 Å². The number of aryl methyl sites for hydroxylation is 1. The van der Waals surface area contributed by atoms with Gasteiger partial charge in [-0.25, -0.2) is 14.8 Å². The summed E-state index contributed by atoms with van der Waals surface area (Å²) in [7, 11) is 0. The molecule has 0 radical (unpaired) electrons. The van der Waals surface area contributed by atoms with Crippen molar-refractivity contribution in [3.8, 4) is 0 Å². The second kappa shape index (κ2) is 8.10. The van der Waals surface area contributed by atoms with Gasteiger partial charge < -0.3 is 4.98 Å². The van der Waals surface area contributed by atoms with Crippen LogP contribution in [0.1, 0.15) is 64.1 Å². The second-order valence-corrected chi connectivity index (χ2v) is 7.12. The van der Waals surface area contributed by atoms with Gasteiger partial charge >= 0.3 is 5.69 Å². The Morgan fingerprint density at radius 2 is 1.81 bits per heavy atom. The largest absolute Gasteiger partial charge is 0.336 e. The molecule has 0 spiro atoms. The number of nitrogens with one attached hydrogen (secondary N) is 1. The van der Waals surface area contributed by atoms with Crippen molar-refractivity contribution in [3.05, 3.63) is 26.7 Å². The van der Waals surface area contributed by atoms with E-state index in [1.807, 2.05) is 13.8 Å². The van der Waals surface area contributed by atoms with Gasteiger partial charge in [0.15, 0.2) is 5.65 Å².